The van der Waals surface area contributed by atoms with Gasteiger partial charge in [-0.1, -0.05) is 48.5 Å². The summed E-state index contributed by atoms with van der Waals surface area (Å²) >= 11 is 0. The molecule has 1 aliphatic heterocycles. The highest BCUT2D eigenvalue weighted by molar-refractivity contribution is 6.07. The fourth-order valence-corrected chi connectivity index (χ4v) is 3.03. The fraction of sp³-hybridized carbons (Fsp3) is 0.0800. The first-order chi connectivity index (χ1) is 15.1. The molecule has 6 heteroatoms. The minimum atomic E-state index is -0.540. The lowest BCUT2D eigenvalue weighted by Crippen LogP contribution is -2.09. The van der Waals surface area contributed by atoms with Crippen molar-refractivity contribution < 1.29 is 23.8 Å². The van der Waals surface area contributed by atoms with Gasteiger partial charge in [0.05, 0.1) is 12.7 Å². The Morgan fingerprint density at radius 1 is 0.968 bits per heavy atom. The number of benzene rings is 3. The maximum Gasteiger partial charge on any atom is 0.363 e. The molecule has 0 spiro atoms. The Labute approximate surface area is 179 Å². The number of methoxy groups -OCH3 is 1. The number of ether oxygens (including phenoxy) is 3. The second-order valence-corrected chi connectivity index (χ2v) is 6.74. The van der Waals surface area contributed by atoms with E-state index in [-0.39, 0.29) is 5.70 Å². The van der Waals surface area contributed by atoms with Gasteiger partial charge < -0.3 is 14.2 Å². The maximum absolute atomic E-state index is 12.5. The number of para-hydroxylation sites is 1. The van der Waals surface area contributed by atoms with Gasteiger partial charge in [-0.25, -0.2) is 14.6 Å². The lowest BCUT2D eigenvalue weighted by atomic mass is 10.1. The number of cyclic esters (lactones) is 1. The molecule has 0 bridgehead atoms. The summed E-state index contributed by atoms with van der Waals surface area (Å²) in [6.45, 7) is 0. The molecule has 0 saturated carbocycles. The zero-order chi connectivity index (χ0) is 21.6. The molecule has 3 aromatic carbocycles. The van der Waals surface area contributed by atoms with Crippen LogP contribution in [0.3, 0.4) is 0 Å². The van der Waals surface area contributed by atoms with Crippen molar-refractivity contribution in [3.8, 4) is 11.5 Å². The second kappa shape index (κ2) is 9.09. The van der Waals surface area contributed by atoms with Crippen molar-refractivity contribution in [2.24, 2.45) is 4.99 Å². The van der Waals surface area contributed by atoms with Crippen LogP contribution in [-0.2, 0) is 16.0 Å². The van der Waals surface area contributed by atoms with Crippen LogP contribution in [0, 0.1) is 0 Å². The van der Waals surface area contributed by atoms with Gasteiger partial charge in [0.1, 0.15) is 11.5 Å². The first-order valence-electron chi connectivity index (χ1n) is 9.63. The Bertz CT molecular complexity index is 1160. The summed E-state index contributed by atoms with van der Waals surface area (Å²) in [6, 6.07) is 23.1. The van der Waals surface area contributed by atoms with Crippen LogP contribution in [-0.4, -0.2) is 24.9 Å². The van der Waals surface area contributed by atoms with Gasteiger partial charge in [-0.3, -0.25) is 0 Å². The highest BCUT2D eigenvalue weighted by atomic mass is 16.6. The van der Waals surface area contributed by atoms with Crippen LogP contribution < -0.4 is 9.47 Å². The van der Waals surface area contributed by atoms with Gasteiger partial charge in [-0.05, 0) is 42.0 Å². The van der Waals surface area contributed by atoms with Gasteiger partial charge in [0.25, 0.3) is 0 Å². The van der Waals surface area contributed by atoms with E-state index in [0.29, 0.717) is 34.9 Å². The van der Waals surface area contributed by atoms with E-state index in [1.54, 1.807) is 61.7 Å². The van der Waals surface area contributed by atoms with Crippen molar-refractivity contribution in [3.05, 3.63) is 101 Å². The number of rotatable bonds is 6. The predicted octanol–water partition coefficient (Wildman–Crippen LogP) is 4.45. The number of hydrogen-bond acceptors (Lipinski definition) is 6. The van der Waals surface area contributed by atoms with Crippen LogP contribution in [0.1, 0.15) is 21.5 Å². The average molecular weight is 413 g/mol. The molecule has 0 aliphatic carbocycles. The number of carbonyl (C=O) groups is 2. The van der Waals surface area contributed by atoms with Gasteiger partial charge in [0, 0.05) is 12.0 Å². The van der Waals surface area contributed by atoms with E-state index in [2.05, 4.69) is 4.99 Å². The normalized spacial score (nSPS) is 14.2. The second-order valence-electron chi connectivity index (χ2n) is 6.74. The third-order valence-corrected chi connectivity index (χ3v) is 4.60. The summed E-state index contributed by atoms with van der Waals surface area (Å²) in [4.78, 5) is 29.1. The maximum atomic E-state index is 12.5. The van der Waals surface area contributed by atoms with Gasteiger partial charge in [-0.2, -0.15) is 0 Å². The van der Waals surface area contributed by atoms with Crippen molar-refractivity contribution in [1.29, 1.82) is 0 Å². The van der Waals surface area contributed by atoms with E-state index in [0.717, 1.165) is 5.56 Å². The van der Waals surface area contributed by atoms with E-state index in [9.17, 15) is 9.59 Å². The third kappa shape index (κ3) is 4.87. The summed E-state index contributed by atoms with van der Waals surface area (Å²) in [7, 11) is 1.55. The Balaban J connectivity index is 1.54. The molecule has 1 heterocycles. The Kier molecular flexibility index (Phi) is 5.89. The summed E-state index contributed by atoms with van der Waals surface area (Å²) < 4.78 is 15.9. The number of hydrogen-bond donors (Lipinski definition) is 0. The van der Waals surface area contributed by atoms with E-state index in [1.807, 2.05) is 30.3 Å². The predicted molar refractivity (Wildman–Crippen MR) is 116 cm³/mol. The van der Waals surface area contributed by atoms with E-state index >= 15 is 0 Å². The van der Waals surface area contributed by atoms with Crippen molar-refractivity contribution in [2.75, 3.05) is 7.11 Å². The molecule has 6 nitrogen and oxygen atoms in total. The fourth-order valence-electron chi connectivity index (χ4n) is 3.03. The van der Waals surface area contributed by atoms with Gasteiger partial charge in [0.2, 0.25) is 5.90 Å². The molecule has 0 N–H and O–H groups in total. The zero-order valence-electron chi connectivity index (χ0n) is 16.8. The van der Waals surface area contributed by atoms with Crippen LogP contribution in [0.15, 0.2) is 89.6 Å². The average Bonchev–Trinajstić information content (AvgIpc) is 3.14. The first kappa shape index (κ1) is 20.1. The molecule has 0 radical (unpaired) electrons. The van der Waals surface area contributed by atoms with Crippen LogP contribution in [0.25, 0.3) is 6.08 Å². The SMILES string of the molecule is COc1ccc(C(=O)Oc2ccccc2/C=C2/N=C(Cc3ccccc3)OC2=O)cc1. The summed E-state index contributed by atoms with van der Waals surface area (Å²) in [5.74, 6) is 0.231. The molecule has 0 aromatic heterocycles. The minimum Gasteiger partial charge on any atom is -0.497 e. The molecule has 3 aromatic rings. The lowest BCUT2D eigenvalue weighted by molar-refractivity contribution is -0.130. The summed E-state index contributed by atoms with van der Waals surface area (Å²) in [5.41, 5.74) is 2.07. The number of nitrogens with zero attached hydrogens (tertiary/aromatic N) is 1. The molecular formula is C25H19NO5. The van der Waals surface area contributed by atoms with E-state index < -0.39 is 11.9 Å². The summed E-state index contributed by atoms with van der Waals surface area (Å²) in [5, 5.41) is 0. The summed E-state index contributed by atoms with van der Waals surface area (Å²) in [6.07, 6.45) is 1.97. The van der Waals surface area contributed by atoms with Gasteiger partial charge >= 0.3 is 11.9 Å². The number of aliphatic imine (C=N–C) groups is 1. The molecule has 0 amide bonds. The first-order valence-corrected chi connectivity index (χ1v) is 9.63. The molecule has 154 valence electrons. The molecular weight excluding hydrogens is 394 g/mol. The van der Waals surface area contributed by atoms with E-state index in [1.165, 1.54) is 0 Å². The highest BCUT2D eigenvalue weighted by Crippen LogP contribution is 2.25. The van der Waals surface area contributed by atoms with Crippen LogP contribution in [0.2, 0.25) is 0 Å². The standard InChI is InChI=1S/C25H19NO5/c1-29-20-13-11-18(12-14-20)24(27)30-22-10-6-5-9-19(22)16-21-25(28)31-23(26-21)15-17-7-3-2-4-8-17/h2-14,16H,15H2,1H3/b21-16+. The monoisotopic (exact) mass is 413 g/mol. The Hall–Kier alpha value is -4.19. The largest absolute Gasteiger partial charge is 0.497 e. The molecule has 0 saturated heterocycles. The molecule has 4 rings (SSSR count). The Morgan fingerprint density at radius 2 is 1.68 bits per heavy atom. The van der Waals surface area contributed by atoms with Crippen molar-refractivity contribution in [1.82, 2.24) is 0 Å². The van der Waals surface area contributed by atoms with Crippen molar-refractivity contribution in [2.45, 2.75) is 6.42 Å². The topological polar surface area (TPSA) is 74.2 Å². The molecule has 1 aliphatic rings. The van der Waals surface area contributed by atoms with E-state index in [4.69, 9.17) is 14.2 Å². The number of carbonyl (C=O) groups excluding carboxylic acids is 2. The Morgan fingerprint density at radius 3 is 2.42 bits per heavy atom. The van der Waals surface area contributed by atoms with Crippen LogP contribution >= 0.6 is 0 Å². The number of esters is 2. The third-order valence-electron chi connectivity index (χ3n) is 4.60. The molecule has 0 unspecified atom stereocenters. The highest BCUT2D eigenvalue weighted by Gasteiger charge is 2.23. The molecule has 31 heavy (non-hydrogen) atoms. The van der Waals surface area contributed by atoms with Gasteiger partial charge in [0.15, 0.2) is 5.70 Å². The van der Waals surface area contributed by atoms with Crippen molar-refractivity contribution >= 4 is 23.9 Å². The lowest BCUT2D eigenvalue weighted by Gasteiger charge is -2.08. The minimum absolute atomic E-state index is 0.152. The van der Waals surface area contributed by atoms with Crippen molar-refractivity contribution in [3.63, 3.8) is 0 Å². The van der Waals surface area contributed by atoms with Crippen LogP contribution in [0.5, 0.6) is 11.5 Å². The molecule has 0 fully saturated rings. The van der Waals surface area contributed by atoms with Gasteiger partial charge in [-0.15, -0.1) is 0 Å². The smallest absolute Gasteiger partial charge is 0.363 e. The molecule has 0 atom stereocenters. The van der Waals surface area contributed by atoms with Crippen LogP contribution in [0.4, 0.5) is 0 Å². The zero-order valence-corrected chi connectivity index (χ0v) is 16.8. The quantitative estimate of drug-likeness (QED) is 0.339.